The summed E-state index contributed by atoms with van der Waals surface area (Å²) in [5.74, 6) is 0.603. The number of hydrogen-bond donors (Lipinski definition) is 0. The van der Waals surface area contributed by atoms with Gasteiger partial charge in [0.25, 0.3) is 0 Å². The van der Waals surface area contributed by atoms with Crippen molar-refractivity contribution in [1.29, 1.82) is 0 Å². The van der Waals surface area contributed by atoms with Crippen molar-refractivity contribution in [3.8, 4) is 0 Å². The van der Waals surface area contributed by atoms with Gasteiger partial charge in [0.2, 0.25) is 0 Å². The number of rotatable bonds is 3. The Balaban J connectivity index is 1.99. The number of benzene rings is 1. The Morgan fingerprint density at radius 2 is 1.88 bits per heavy atom. The lowest BCUT2D eigenvalue weighted by Crippen LogP contribution is -1.98. The predicted octanol–water partition coefficient (Wildman–Crippen LogP) is 3.01. The molecule has 16 heavy (non-hydrogen) atoms. The summed E-state index contributed by atoms with van der Waals surface area (Å²) in [6, 6.07) is 6.63. The maximum atomic E-state index is 12.9. The largest absolute Gasteiger partial charge is 0.240 e. The molecular weight excluding hydrogens is 318 g/mol. The van der Waals surface area contributed by atoms with E-state index >= 15 is 0 Å². The van der Waals surface area contributed by atoms with Crippen molar-refractivity contribution < 1.29 is 4.39 Å². The SMILES string of the molecule is Fc1cccc(CCc2ncc(I)cn2)c1. The van der Waals surface area contributed by atoms with Gasteiger partial charge in [0.05, 0.1) is 0 Å². The van der Waals surface area contributed by atoms with Crippen LogP contribution >= 0.6 is 22.6 Å². The standard InChI is InChI=1S/C12H10FIN2/c13-10-3-1-2-9(6-10)4-5-12-15-7-11(14)8-16-12/h1-3,6-8H,4-5H2. The second kappa shape index (κ2) is 5.34. The monoisotopic (exact) mass is 328 g/mol. The normalized spacial score (nSPS) is 10.4. The van der Waals surface area contributed by atoms with E-state index in [4.69, 9.17) is 0 Å². The van der Waals surface area contributed by atoms with Crippen molar-refractivity contribution in [3.05, 3.63) is 57.4 Å². The Morgan fingerprint density at radius 1 is 1.12 bits per heavy atom. The Kier molecular flexibility index (Phi) is 3.82. The minimum absolute atomic E-state index is 0.193. The van der Waals surface area contributed by atoms with Gasteiger partial charge >= 0.3 is 0 Å². The molecule has 0 atom stereocenters. The highest BCUT2D eigenvalue weighted by molar-refractivity contribution is 14.1. The second-order valence-electron chi connectivity index (χ2n) is 3.45. The molecule has 1 aromatic carbocycles. The van der Waals surface area contributed by atoms with Crippen LogP contribution in [0.2, 0.25) is 0 Å². The van der Waals surface area contributed by atoms with Gasteiger partial charge in [-0.3, -0.25) is 0 Å². The molecule has 2 rings (SSSR count). The zero-order valence-electron chi connectivity index (χ0n) is 8.53. The topological polar surface area (TPSA) is 25.8 Å². The summed E-state index contributed by atoms with van der Waals surface area (Å²) in [6.07, 6.45) is 5.07. The highest BCUT2D eigenvalue weighted by Crippen LogP contribution is 2.07. The highest BCUT2D eigenvalue weighted by Gasteiger charge is 1.99. The maximum Gasteiger partial charge on any atom is 0.128 e. The van der Waals surface area contributed by atoms with E-state index in [1.54, 1.807) is 24.5 Å². The first kappa shape index (κ1) is 11.4. The fourth-order valence-electron chi connectivity index (χ4n) is 1.42. The molecule has 0 saturated heterocycles. The van der Waals surface area contributed by atoms with Crippen LogP contribution in [0.25, 0.3) is 0 Å². The number of halogens is 2. The van der Waals surface area contributed by atoms with Gasteiger partial charge in [-0.2, -0.15) is 0 Å². The van der Waals surface area contributed by atoms with Gasteiger partial charge in [0.1, 0.15) is 11.6 Å². The quantitative estimate of drug-likeness (QED) is 0.810. The first-order valence-electron chi connectivity index (χ1n) is 4.95. The van der Waals surface area contributed by atoms with Crippen molar-refractivity contribution in [2.24, 2.45) is 0 Å². The van der Waals surface area contributed by atoms with Gasteiger partial charge < -0.3 is 0 Å². The molecule has 0 spiro atoms. The van der Waals surface area contributed by atoms with Crippen LogP contribution in [0, 0.1) is 9.39 Å². The third-order valence-electron chi connectivity index (χ3n) is 2.20. The lowest BCUT2D eigenvalue weighted by Gasteiger charge is -2.01. The average Bonchev–Trinajstić information content (AvgIpc) is 2.28. The maximum absolute atomic E-state index is 12.9. The lowest BCUT2D eigenvalue weighted by molar-refractivity contribution is 0.625. The molecule has 0 unspecified atom stereocenters. The molecule has 0 bridgehead atoms. The van der Waals surface area contributed by atoms with Crippen LogP contribution in [0.4, 0.5) is 4.39 Å². The van der Waals surface area contributed by atoms with Crippen molar-refractivity contribution in [1.82, 2.24) is 9.97 Å². The number of nitrogens with zero attached hydrogens (tertiary/aromatic N) is 2. The van der Waals surface area contributed by atoms with Crippen molar-refractivity contribution in [3.63, 3.8) is 0 Å². The summed E-state index contributed by atoms with van der Waals surface area (Å²) in [7, 11) is 0. The molecule has 82 valence electrons. The van der Waals surface area contributed by atoms with Crippen molar-refractivity contribution in [2.75, 3.05) is 0 Å². The number of hydrogen-bond acceptors (Lipinski definition) is 2. The van der Waals surface area contributed by atoms with E-state index in [2.05, 4.69) is 32.6 Å². The van der Waals surface area contributed by atoms with E-state index in [0.717, 1.165) is 27.8 Å². The molecule has 1 heterocycles. The van der Waals surface area contributed by atoms with Crippen LogP contribution in [0.3, 0.4) is 0 Å². The summed E-state index contributed by atoms with van der Waals surface area (Å²) in [4.78, 5) is 8.41. The first-order valence-corrected chi connectivity index (χ1v) is 6.03. The third-order valence-corrected chi connectivity index (χ3v) is 2.76. The molecule has 0 radical (unpaired) electrons. The molecule has 0 aliphatic rings. The number of aryl methyl sites for hydroxylation is 2. The van der Waals surface area contributed by atoms with Gasteiger partial charge in [0.15, 0.2) is 0 Å². The molecule has 0 aliphatic carbocycles. The smallest absolute Gasteiger partial charge is 0.128 e. The van der Waals surface area contributed by atoms with E-state index in [1.807, 2.05) is 6.07 Å². The van der Waals surface area contributed by atoms with Gasteiger partial charge in [-0.05, 0) is 46.7 Å². The van der Waals surface area contributed by atoms with Gasteiger partial charge in [0, 0.05) is 22.4 Å². The highest BCUT2D eigenvalue weighted by atomic mass is 127. The minimum atomic E-state index is -0.193. The second-order valence-corrected chi connectivity index (χ2v) is 4.69. The molecule has 0 amide bonds. The van der Waals surface area contributed by atoms with Crippen LogP contribution in [0.1, 0.15) is 11.4 Å². The zero-order chi connectivity index (χ0) is 11.4. The fourth-order valence-corrected chi connectivity index (χ4v) is 1.70. The molecule has 0 aliphatic heterocycles. The van der Waals surface area contributed by atoms with Crippen molar-refractivity contribution >= 4 is 22.6 Å². The average molecular weight is 328 g/mol. The molecule has 4 heteroatoms. The minimum Gasteiger partial charge on any atom is -0.240 e. The molecular formula is C12H10FIN2. The third kappa shape index (κ3) is 3.23. The van der Waals surface area contributed by atoms with E-state index in [-0.39, 0.29) is 5.82 Å². The number of aromatic nitrogens is 2. The Hall–Kier alpha value is -1.04. The van der Waals surface area contributed by atoms with E-state index < -0.39 is 0 Å². The first-order chi connectivity index (χ1) is 7.74. The molecule has 2 nitrogen and oxygen atoms in total. The van der Waals surface area contributed by atoms with Gasteiger partial charge in [-0.1, -0.05) is 12.1 Å². The van der Waals surface area contributed by atoms with Crippen LogP contribution in [0.5, 0.6) is 0 Å². The summed E-state index contributed by atoms with van der Waals surface area (Å²) in [5, 5.41) is 0. The summed E-state index contributed by atoms with van der Waals surface area (Å²) >= 11 is 2.17. The van der Waals surface area contributed by atoms with Crippen LogP contribution < -0.4 is 0 Å². The Bertz CT molecular complexity index is 471. The predicted molar refractivity (Wildman–Crippen MR) is 68.6 cm³/mol. The Labute approximate surface area is 107 Å². The van der Waals surface area contributed by atoms with Crippen LogP contribution in [0.15, 0.2) is 36.7 Å². The molecule has 1 aromatic heterocycles. The zero-order valence-corrected chi connectivity index (χ0v) is 10.7. The Morgan fingerprint density at radius 3 is 2.56 bits per heavy atom. The van der Waals surface area contributed by atoms with Gasteiger partial charge in [-0.15, -0.1) is 0 Å². The van der Waals surface area contributed by atoms with Crippen molar-refractivity contribution in [2.45, 2.75) is 12.8 Å². The van der Waals surface area contributed by atoms with E-state index in [9.17, 15) is 4.39 Å². The summed E-state index contributed by atoms with van der Waals surface area (Å²) < 4.78 is 13.9. The van der Waals surface area contributed by atoms with Crippen LogP contribution in [-0.2, 0) is 12.8 Å². The molecule has 2 aromatic rings. The summed E-state index contributed by atoms with van der Waals surface area (Å²) in [5.41, 5.74) is 0.974. The summed E-state index contributed by atoms with van der Waals surface area (Å²) in [6.45, 7) is 0. The lowest BCUT2D eigenvalue weighted by atomic mass is 10.1. The molecule has 0 saturated carbocycles. The molecule has 0 fully saturated rings. The van der Waals surface area contributed by atoms with E-state index in [0.29, 0.717) is 0 Å². The fraction of sp³-hybridized carbons (Fsp3) is 0.167. The van der Waals surface area contributed by atoms with Gasteiger partial charge in [-0.25, -0.2) is 14.4 Å². The van der Waals surface area contributed by atoms with E-state index in [1.165, 1.54) is 6.07 Å². The van der Waals surface area contributed by atoms with Crippen LogP contribution in [-0.4, -0.2) is 9.97 Å². The molecule has 0 N–H and O–H groups in total.